The third-order valence-electron chi connectivity index (χ3n) is 2.74. The standard InChI is InChI=1S/C10H18Cl2N2/c1-8-4-3-5-9(2)14(8)13-7-10(12)6-11/h6,8-9,13H,3-5,7H2,1-2H3. The highest BCUT2D eigenvalue weighted by Crippen LogP contribution is 2.20. The molecule has 1 saturated heterocycles. The van der Waals surface area contributed by atoms with Gasteiger partial charge >= 0.3 is 0 Å². The van der Waals surface area contributed by atoms with Crippen LogP contribution in [0.25, 0.3) is 0 Å². The van der Waals surface area contributed by atoms with Gasteiger partial charge < -0.3 is 0 Å². The molecule has 0 bridgehead atoms. The van der Waals surface area contributed by atoms with Gasteiger partial charge in [-0.1, -0.05) is 29.6 Å². The number of halogens is 2. The van der Waals surface area contributed by atoms with Crippen LogP contribution in [0.5, 0.6) is 0 Å². The zero-order valence-corrected chi connectivity index (χ0v) is 10.3. The number of hydrazine groups is 1. The minimum absolute atomic E-state index is 0.582. The van der Waals surface area contributed by atoms with Crippen molar-refractivity contribution in [3.05, 3.63) is 10.6 Å². The summed E-state index contributed by atoms with van der Waals surface area (Å²) in [6, 6.07) is 1.16. The number of nitrogens with one attached hydrogen (secondary N) is 1. The Bertz CT molecular complexity index is 196. The molecule has 0 saturated carbocycles. The van der Waals surface area contributed by atoms with Crippen molar-refractivity contribution in [2.75, 3.05) is 6.54 Å². The first-order valence-electron chi connectivity index (χ1n) is 5.11. The van der Waals surface area contributed by atoms with E-state index in [-0.39, 0.29) is 0 Å². The van der Waals surface area contributed by atoms with Crippen LogP contribution in [0.1, 0.15) is 33.1 Å². The quantitative estimate of drug-likeness (QED) is 0.811. The number of hydrogen-bond donors (Lipinski definition) is 1. The smallest absolute Gasteiger partial charge is 0.0470 e. The highest BCUT2D eigenvalue weighted by Gasteiger charge is 2.23. The topological polar surface area (TPSA) is 15.3 Å². The van der Waals surface area contributed by atoms with Crippen molar-refractivity contribution in [2.45, 2.75) is 45.2 Å². The molecule has 2 atom stereocenters. The maximum absolute atomic E-state index is 5.82. The molecule has 0 aromatic rings. The maximum Gasteiger partial charge on any atom is 0.0470 e. The normalized spacial score (nSPS) is 30.7. The summed E-state index contributed by atoms with van der Waals surface area (Å²) >= 11 is 11.3. The van der Waals surface area contributed by atoms with Gasteiger partial charge in [0.1, 0.15) is 0 Å². The molecule has 0 aromatic carbocycles. The highest BCUT2D eigenvalue weighted by molar-refractivity contribution is 6.36. The molecule has 1 aliphatic heterocycles. The Morgan fingerprint density at radius 2 is 2.00 bits per heavy atom. The van der Waals surface area contributed by atoms with Crippen molar-refractivity contribution in [3.63, 3.8) is 0 Å². The van der Waals surface area contributed by atoms with Gasteiger partial charge in [0.05, 0.1) is 0 Å². The van der Waals surface area contributed by atoms with E-state index >= 15 is 0 Å². The van der Waals surface area contributed by atoms with Crippen molar-refractivity contribution in [3.8, 4) is 0 Å². The van der Waals surface area contributed by atoms with Crippen LogP contribution in [0.2, 0.25) is 0 Å². The van der Waals surface area contributed by atoms with E-state index < -0.39 is 0 Å². The average molecular weight is 237 g/mol. The minimum atomic E-state index is 0.582. The van der Waals surface area contributed by atoms with Gasteiger partial charge in [-0.15, -0.1) is 0 Å². The summed E-state index contributed by atoms with van der Waals surface area (Å²) < 4.78 is 0. The van der Waals surface area contributed by atoms with Gasteiger partial charge in [-0.05, 0) is 26.7 Å². The predicted molar refractivity (Wildman–Crippen MR) is 62.4 cm³/mol. The number of nitrogens with zero attached hydrogens (tertiary/aromatic N) is 1. The van der Waals surface area contributed by atoms with Gasteiger partial charge in [0.15, 0.2) is 0 Å². The monoisotopic (exact) mass is 236 g/mol. The van der Waals surface area contributed by atoms with Crippen molar-refractivity contribution >= 4 is 23.2 Å². The molecule has 1 heterocycles. The van der Waals surface area contributed by atoms with E-state index in [0.717, 1.165) is 0 Å². The Morgan fingerprint density at radius 1 is 1.43 bits per heavy atom. The van der Waals surface area contributed by atoms with Crippen LogP contribution in [0, 0.1) is 0 Å². The van der Waals surface area contributed by atoms with Crippen LogP contribution < -0.4 is 5.43 Å². The van der Waals surface area contributed by atoms with Crippen LogP contribution in [-0.2, 0) is 0 Å². The molecule has 4 heteroatoms. The average Bonchev–Trinajstić information content (AvgIpc) is 2.16. The second-order valence-corrected chi connectivity index (χ2v) is 4.63. The zero-order valence-electron chi connectivity index (χ0n) is 8.76. The molecular weight excluding hydrogens is 219 g/mol. The van der Waals surface area contributed by atoms with E-state index in [0.29, 0.717) is 23.7 Å². The first-order chi connectivity index (χ1) is 6.65. The fourth-order valence-corrected chi connectivity index (χ4v) is 2.08. The minimum Gasteiger partial charge on any atom is -0.249 e. The Labute approximate surface area is 96.2 Å². The molecule has 82 valence electrons. The fourth-order valence-electron chi connectivity index (χ4n) is 1.94. The summed E-state index contributed by atoms with van der Waals surface area (Å²) in [6.45, 7) is 5.10. The largest absolute Gasteiger partial charge is 0.249 e. The van der Waals surface area contributed by atoms with Crippen LogP contribution in [0.3, 0.4) is 0 Å². The van der Waals surface area contributed by atoms with Crippen LogP contribution >= 0.6 is 23.2 Å². The lowest BCUT2D eigenvalue weighted by Gasteiger charge is -2.39. The number of rotatable bonds is 3. The summed E-state index contributed by atoms with van der Waals surface area (Å²) in [7, 11) is 0. The van der Waals surface area contributed by atoms with E-state index in [4.69, 9.17) is 23.2 Å². The van der Waals surface area contributed by atoms with E-state index in [1.165, 1.54) is 24.8 Å². The van der Waals surface area contributed by atoms with Crippen LogP contribution in [0.4, 0.5) is 0 Å². The molecule has 0 amide bonds. The lowest BCUT2D eigenvalue weighted by atomic mass is 10.00. The molecule has 2 nitrogen and oxygen atoms in total. The first-order valence-corrected chi connectivity index (χ1v) is 5.93. The predicted octanol–water partition coefficient (Wildman–Crippen LogP) is 3.07. The van der Waals surface area contributed by atoms with E-state index in [2.05, 4.69) is 24.3 Å². The molecule has 1 N–H and O–H groups in total. The SMILES string of the molecule is CC1CCCC(C)N1NCC(Cl)=CCl. The van der Waals surface area contributed by atoms with E-state index in [1.54, 1.807) is 0 Å². The van der Waals surface area contributed by atoms with E-state index in [9.17, 15) is 0 Å². The first kappa shape index (κ1) is 12.3. The maximum atomic E-state index is 5.82. The van der Waals surface area contributed by atoms with Crippen molar-refractivity contribution in [1.82, 2.24) is 10.4 Å². The molecule has 1 rings (SSSR count). The molecule has 0 aromatic heterocycles. The molecule has 1 fully saturated rings. The van der Waals surface area contributed by atoms with Crippen molar-refractivity contribution in [1.29, 1.82) is 0 Å². The van der Waals surface area contributed by atoms with Gasteiger partial charge in [-0.3, -0.25) is 0 Å². The van der Waals surface area contributed by atoms with Gasteiger partial charge in [0, 0.05) is 29.2 Å². The fraction of sp³-hybridized carbons (Fsp3) is 0.800. The summed E-state index contributed by atoms with van der Waals surface area (Å²) in [6.07, 6.45) is 3.82. The van der Waals surface area contributed by atoms with Crippen molar-refractivity contribution in [2.24, 2.45) is 0 Å². The third kappa shape index (κ3) is 3.43. The van der Waals surface area contributed by atoms with Crippen LogP contribution in [0.15, 0.2) is 10.6 Å². The summed E-state index contributed by atoms with van der Waals surface area (Å²) in [5.41, 5.74) is 4.73. The van der Waals surface area contributed by atoms with E-state index in [1.807, 2.05) is 0 Å². The summed E-state index contributed by atoms with van der Waals surface area (Å²) in [5, 5.41) is 2.93. The Kier molecular flexibility index (Phi) is 5.24. The lowest BCUT2D eigenvalue weighted by Crippen LogP contribution is -2.52. The highest BCUT2D eigenvalue weighted by atomic mass is 35.5. The third-order valence-corrected chi connectivity index (χ3v) is 3.36. The Balaban J connectivity index is 2.40. The van der Waals surface area contributed by atoms with Crippen molar-refractivity contribution < 1.29 is 0 Å². The second-order valence-electron chi connectivity index (χ2n) is 3.93. The van der Waals surface area contributed by atoms with Gasteiger partial charge in [-0.2, -0.15) is 0 Å². The summed E-state index contributed by atoms with van der Waals surface area (Å²) in [5.74, 6) is 0. The summed E-state index contributed by atoms with van der Waals surface area (Å²) in [4.78, 5) is 0. The number of hydrogen-bond acceptors (Lipinski definition) is 2. The van der Waals surface area contributed by atoms with Gasteiger partial charge in [0.25, 0.3) is 0 Å². The second kappa shape index (κ2) is 5.96. The Morgan fingerprint density at radius 3 is 2.50 bits per heavy atom. The molecule has 0 aliphatic carbocycles. The molecule has 2 unspecified atom stereocenters. The molecule has 0 spiro atoms. The number of piperidine rings is 1. The van der Waals surface area contributed by atoms with Gasteiger partial charge in [0.2, 0.25) is 0 Å². The zero-order chi connectivity index (χ0) is 10.6. The van der Waals surface area contributed by atoms with Crippen LogP contribution in [-0.4, -0.2) is 23.6 Å². The van der Waals surface area contributed by atoms with Gasteiger partial charge in [-0.25, -0.2) is 10.4 Å². The Hall–Kier alpha value is 0.240. The molecule has 0 radical (unpaired) electrons. The molecule has 1 aliphatic rings. The molecule has 14 heavy (non-hydrogen) atoms. The lowest BCUT2D eigenvalue weighted by molar-refractivity contribution is 0.0509. The molecular formula is C10H18Cl2N2.